The van der Waals surface area contributed by atoms with E-state index in [2.05, 4.69) is 33.0 Å². The molecule has 2 N–H and O–H groups in total. The summed E-state index contributed by atoms with van der Waals surface area (Å²) in [5.74, 6) is 1.60. The van der Waals surface area contributed by atoms with E-state index in [4.69, 9.17) is 10.5 Å². The molecule has 33 heavy (non-hydrogen) atoms. The highest BCUT2D eigenvalue weighted by Crippen LogP contribution is 2.49. The van der Waals surface area contributed by atoms with Gasteiger partial charge in [-0.2, -0.15) is 0 Å². The van der Waals surface area contributed by atoms with Gasteiger partial charge >= 0.3 is 0 Å². The maximum atomic E-state index is 12.8. The Morgan fingerprint density at radius 2 is 1.70 bits per heavy atom. The van der Waals surface area contributed by atoms with Crippen LogP contribution in [0.5, 0.6) is 5.75 Å². The summed E-state index contributed by atoms with van der Waals surface area (Å²) in [6.07, 6.45) is 2.28. The van der Waals surface area contributed by atoms with Crippen LogP contribution in [-0.2, 0) is 4.79 Å². The number of carbonyl (C=O) groups excluding carboxylic acids is 2. The van der Waals surface area contributed by atoms with Crippen molar-refractivity contribution in [2.24, 2.45) is 11.7 Å². The van der Waals surface area contributed by atoms with Crippen molar-refractivity contribution in [2.45, 2.75) is 25.2 Å². The van der Waals surface area contributed by atoms with Crippen molar-refractivity contribution in [1.29, 1.82) is 0 Å². The molecule has 2 aromatic rings. The molecule has 1 heterocycles. The average Bonchev–Trinajstić information content (AvgIpc) is 3.64. The van der Waals surface area contributed by atoms with Crippen molar-refractivity contribution in [1.82, 2.24) is 9.80 Å². The number of carbonyl (C=O) groups is 2. The normalized spacial score (nSPS) is 20.5. The van der Waals surface area contributed by atoms with Crippen molar-refractivity contribution >= 4 is 27.6 Å². The molecule has 0 bridgehead atoms. The summed E-state index contributed by atoms with van der Waals surface area (Å²) in [6, 6.07) is 15.8. The lowest BCUT2D eigenvalue weighted by atomic mass is 10.0. The van der Waals surface area contributed by atoms with Gasteiger partial charge in [-0.3, -0.25) is 14.5 Å². The highest BCUT2D eigenvalue weighted by molar-refractivity contribution is 9.10. The first-order valence-corrected chi connectivity index (χ1v) is 12.6. The molecule has 6 nitrogen and oxygen atoms in total. The van der Waals surface area contributed by atoms with E-state index in [1.807, 2.05) is 41.3 Å². The van der Waals surface area contributed by atoms with E-state index >= 15 is 0 Å². The van der Waals surface area contributed by atoms with Gasteiger partial charge in [0.25, 0.3) is 0 Å². The average molecular weight is 514 g/mol. The van der Waals surface area contributed by atoms with Crippen molar-refractivity contribution in [3.63, 3.8) is 0 Å². The fourth-order valence-corrected chi connectivity index (χ4v) is 4.74. The van der Waals surface area contributed by atoms with Crippen LogP contribution in [0, 0.1) is 5.92 Å². The predicted octanol–water partition coefficient (Wildman–Crippen LogP) is 3.70. The molecule has 0 radical (unpaired) electrons. The Morgan fingerprint density at radius 3 is 2.36 bits per heavy atom. The SMILES string of the molecule is NCCC(=O)N1CCN(CCCOc2ccc(C(=O)[C@@H]3C[C@H]3c3ccc(Br)cc3)cc2)CC1. The second-order valence-electron chi connectivity index (χ2n) is 8.85. The number of Topliss-reactive ketones (excluding diaryl/α,β-unsaturated/α-hetero) is 1. The van der Waals surface area contributed by atoms with Crippen LogP contribution in [-0.4, -0.2) is 67.4 Å². The number of benzene rings is 2. The number of ketones is 1. The zero-order valence-corrected chi connectivity index (χ0v) is 20.5. The molecule has 4 rings (SSSR count). The Labute approximate surface area is 204 Å². The summed E-state index contributed by atoms with van der Waals surface area (Å²) >= 11 is 3.46. The van der Waals surface area contributed by atoms with Crippen LogP contribution >= 0.6 is 15.9 Å². The topological polar surface area (TPSA) is 75.9 Å². The molecule has 1 aliphatic carbocycles. The molecule has 1 saturated carbocycles. The van der Waals surface area contributed by atoms with E-state index in [1.54, 1.807) is 0 Å². The molecule has 7 heteroatoms. The zero-order chi connectivity index (χ0) is 23.2. The third-order valence-corrected chi connectivity index (χ3v) is 7.06. The van der Waals surface area contributed by atoms with E-state index < -0.39 is 0 Å². The summed E-state index contributed by atoms with van der Waals surface area (Å²) < 4.78 is 6.94. The molecule has 176 valence electrons. The standard InChI is InChI=1S/C26H32BrN3O3/c27-21-6-2-19(3-7-21)23-18-24(23)26(32)20-4-8-22(9-5-20)33-17-1-12-29-13-15-30(16-14-29)25(31)10-11-28/h2-9,23-24H,1,10-18,28H2/t23-,24+/m0/s1. The van der Waals surface area contributed by atoms with Crippen LogP contribution in [0.25, 0.3) is 0 Å². The number of halogens is 1. The summed E-state index contributed by atoms with van der Waals surface area (Å²) in [4.78, 5) is 29.0. The van der Waals surface area contributed by atoms with E-state index in [0.29, 0.717) is 25.5 Å². The molecule has 0 aromatic heterocycles. The molecule has 1 amide bonds. The predicted molar refractivity (Wildman–Crippen MR) is 133 cm³/mol. The van der Waals surface area contributed by atoms with Crippen molar-refractivity contribution in [3.8, 4) is 5.75 Å². The number of hydrogen-bond donors (Lipinski definition) is 1. The first kappa shape index (κ1) is 23.9. The largest absolute Gasteiger partial charge is 0.494 e. The second kappa shape index (κ2) is 11.3. The van der Waals surface area contributed by atoms with Gasteiger partial charge in [0.2, 0.25) is 5.91 Å². The number of nitrogens with zero attached hydrogens (tertiary/aromatic N) is 2. The maximum absolute atomic E-state index is 12.8. The first-order chi connectivity index (χ1) is 16.0. The number of piperazine rings is 1. The van der Waals surface area contributed by atoms with Gasteiger partial charge in [-0.15, -0.1) is 0 Å². The molecule has 0 unspecified atom stereocenters. The van der Waals surface area contributed by atoms with E-state index in [9.17, 15) is 9.59 Å². The quantitative estimate of drug-likeness (QED) is 0.387. The molecule has 2 aliphatic rings. The molecule has 1 saturated heterocycles. The van der Waals surface area contributed by atoms with Gasteiger partial charge in [-0.25, -0.2) is 0 Å². The van der Waals surface area contributed by atoms with Gasteiger partial charge in [0, 0.05) is 61.6 Å². The Morgan fingerprint density at radius 1 is 1.00 bits per heavy atom. The highest BCUT2D eigenvalue weighted by atomic mass is 79.9. The van der Waals surface area contributed by atoms with Gasteiger partial charge in [0.05, 0.1) is 6.61 Å². The summed E-state index contributed by atoms with van der Waals surface area (Å²) in [6.45, 7) is 5.35. The number of ether oxygens (including phenoxy) is 1. The maximum Gasteiger partial charge on any atom is 0.223 e. The van der Waals surface area contributed by atoms with E-state index in [0.717, 1.165) is 61.4 Å². The van der Waals surface area contributed by atoms with Crippen molar-refractivity contribution in [2.75, 3.05) is 45.9 Å². The number of hydrogen-bond acceptors (Lipinski definition) is 5. The monoisotopic (exact) mass is 513 g/mol. The molecular weight excluding hydrogens is 482 g/mol. The molecule has 2 fully saturated rings. The Kier molecular flexibility index (Phi) is 8.17. The summed E-state index contributed by atoms with van der Waals surface area (Å²) in [5.41, 5.74) is 7.47. The number of rotatable bonds is 10. The summed E-state index contributed by atoms with van der Waals surface area (Å²) in [7, 11) is 0. The lowest BCUT2D eigenvalue weighted by molar-refractivity contribution is -0.132. The third kappa shape index (κ3) is 6.43. The van der Waals surface area contributed by atoms with E-state index in [1.165, 1.54) is 5.56 Å². The van der Waals surface area contributed by atoms with Gasteiger partial charge in [-0.1, -0.05) is 28.1 Å². The van der Waals surface area contributed by atoms with Crippen molar-refractivity contribution in [3.05, 3.63) is 64.1 Å². The van der Waals surface area contributed by atoms with Gasteiger partial charge in [0.15, 0.2) is 5.78 Å². The molecule has 2 atom stereocenters. The molecule has 1 aliphatic heterocycles. The van der Waals surface area contributed by atoms with Gasteiger partial charge in [0.1, 0.15) is 5.75 Å². The second-order valence-corrected chi connectivity index (χ2v) is 9.77. The molecule has 0 spiro atoms. The van der Waals surface area contributed by atoms with Crippen LogP contribution in [0.2, 0.25) is 0 Å². The fraction of sp³-hybridized carbons (Fsp3) is 0.462. The summed E-state index contributed by atoms with van der Waals surface area (Å²) in [5, 5.41) is 0. The fourth-order valence-electron chi connectivity index (χ4n) is 4.47. The Bertz CT molecular complexity index is 940. The Balaban J connectivity index is 1.15. The lowest BCUT2D eigenvalue weighted by Crippen LogP contribution is -2.49. The lowest BCUT2D eigenvalue weighted by Gasteiger charge is -2.34. The third-order valence-electron chi connectivity index (χ3n) is 6.53. The smallest absolute Gasteiger partial charge is 0.223 e. The molecule has 2 aromatic carbocycles. The van der Waals surface area contributed by atoms with E-state index in [-0.39, 0.29) is 17.6 Å². The number of amides is 1. The Hall–Kier alpha value is -2.22. The first-order valence-electron chi connectivity index (χ1n) is 11.8. The number of nitrogens with two attached hydrogens (primary N) is 1. The van der Waals surface area contributed by atoms with Crippen molar-refractivity contribution < 1.29 is 14.3 Å². The van der Waals surface area contributed by atoms with Gasteiger partial charge < -0.3 is 15.4 Å². The minimum Gasteiger partial charge on any atom is -0.494 e. The zero-order valence-electron chi connectivity index (χ0n) is 18.9. The highest BCUT2D eigenvalue weighted by Gasteiger charge is 2.43. The van der Waals surface area contributed by atoms with Gasteiger partial charge in [-0.05, 0) is 60.7 Å². The minimum atomic E-state index is 0.0870. The van der Waals surface area contributed by atoms with Crippen LogP contribution in [0.4, 0.5) is 0 Å². The van der Waals surface area contributed by atoms with Crippen LogP contribution in [0.15, 0.2) is 53.0 Å². The molecular formula is C26H32BrN3O3. The van der Waals surface area contributed by atoms with Crippen LogP contribution < -0.4 is 10.5 Å². The van der Waals surface area contributed by atoms with Crippen LogP contribution in [0.3, 0.4) is 0 Å². The van der Waals surface area contributed by atoms with Crippen LogP contribution in [0.1, 0.15) is 41.1 Å². The minimum absolute atomic E-state index is 0.0870.